The molecule has 3 aliphatic rings. The van der Waals surface area contributed by atoms with Crippen molar-refractivity contribution >= 4 is 5.91 Å². The summed E-state index contributed by atoms with van der Waals surface area (Å²) in [5.74, 6) is 0.747. The van der Waals surface area contributed by atoms with E-state index in [1.54, 1.807) is 0 Å². The fraction of sp³-hybridized carbons (Fsp3) is 0.737. The predicted molar refractivity (Wildman–Crippen MR) is 93.4 cm³/mol. The van der Waals surface area contributed by atoms with Crippen LogP contribution in [-0.4, -0.2) is 65.7 Å². The van der Waals surface area contributed by atoms with Crippen molar-refractivity contribution in [3.8, 4) is 0 Å². The summed E-state index contributed by atoms with van der Waals surface area (Å²) >= 11 is 0. The molecule has 24 heavy (non-hydrogen) atoms. The first-order valence-electron chi connectivity index (χ1n) is 9.35. The summed E-state index contributed by atoms with van der Waals surface area (Å²) in [6.45, 7) is 11.9. The molecule has 1 aliphatic carbocycles. The molecular weight excluding hydrogens is 302 g/mol. The Kier molecular flexibility index (Phi) is 4.17. The number of carbonyl (C=O) groups is 1. The van der Waals surface area contributed by atoms with Gasteiger partial charge in [-0.15, -0.1) is 0 Å². The summed E-state index contributed by atoms with van der Waals surface area (Å²) in [4.78, 5) is 17.7. The minimum absolute atomic E-state index is 0.220. The second kappa shape index (κ2) is 6.19. The summed E-state index contributed by atoms with van der Waals surface area (Å²) in [7, 11) is 0. The van der Waals surface area contributed by atoms with Gasteiger partial charge in [0.2, 0.25) is 0 Å². The van der Waals surface area contributed by atoms with Crippen LogP contribution in [0.1, 0.15) is 47.6 Å². The molecule has 4 rings (SSSR count). The minimum Gasteiger partial charge on any atom is -0.379 e. The highest BCUT2D eigenvalue weighted by Gasteiger charge is 2.38. The molecule has 0 aromatic carbocycles. The topological polar surface area (TPSA) is 37.7 Å². The maximum absolute atomic E-state index is 13.1. The third-order valence-electron chi connectivity index (χ3n) is 6.00. The Morgan fingerprint density at radius 1 is 1.17 bits per heavy atom. The van der Waals surface area contributed by atoms with Crippen molar-refractivity contribution in [2.75, 3.05) is 39.4 Å². The van der Waals surface area contributed by atoms with Gasteiger partial charge in [-0.25, -0.2) is 0 Å². The van der Waals surface area contributed by atoms with Crippen LogP contribution in [0, 0.1) is 19.8 Å². The second-order valence-electron chi connectivity index (χ2n) is 7.79. The van der Waals surface area contributed by atoms with Crippen LogP contribution in [0.4, 0.5) is 0 Å². The van der Waals surface area contributed by atoms with E-state index in [1.807, 2.05) is 0 Å². The van der Waals surface area contributed by atoms with Gasteiger partial charge in [-0.3, -0.25) is 9.69 Å². The molecule has 132 valence electrons. The van der Waals surface area contributed by atoms with Crippen LogP contribution < -0.4 is 0 Å². The van der Waals surface area contributed by atoms with Gasteiger partial charge < -0.3 is 14.2 Å². The molecule has 1 saturated carbocycles. The summed E-state index contributed by atoms with van der Waals surface area (Å²) in [5.41, 5.74) is 3.30. The van der Waals surface area contributed by atoms with Crippen molar-refractivity contribution in [3.63, 3.8) is 0 Å². The second-order valence-corrected chi connectivity index (χ2v) is 7.79. The van der Waals surface area contributed by atoms with Crippen molar-refractivity contribution < 1.29 is 9.53 Å². The van der Waals surface area contributed by atoms with Crippen LogP contribution in [0.25, 0.3) is 0 Å². The Hall–Kier alpha value is -1.33. The normalized spacial score (nSPS) is 28.5. The number of ether oxygens (including phenoxy) is 1. The van der Waals surface area contributed by atoms with Crippen molar-refractivity contribution in [1.82, 2.24) is 14.4 Å². The largest absolute Gasteiger partial charge is 0.379 e. The highest BCUT2D eigenvalue weighted by Crippen LogP contribution is 2.38. The SMILES string of the molecule is Cc1cc(C(=O)N2C[C@@H](C)[C@H](N3CCOCC3)C2)c(C)n1C1CC1. The Morgan fingerprint density at radius 3 is 2.54 bits per heavy atom. The first-order valence-corrected chi connectivity index (χ1v) is 9.35. The van der Waals surface area contributed by atoms with Crippen LogP contribution in [0.5, 0.6) is 0 Å². The lowest BCUT2D eigenvalue weighted by Gasteiger charge is -2.33. The molecule has 3 fully saturated rings. The van der Waals surface area contributed by atoms with E-state index in [-0.39, 0.29) is 5.91 Å². The molecule has 1 amide bonds. The molecule has 2 saturated heterocycles. The van der Waals surface area contributed by atoms with Crippen molar-refractivity contribution in [2.45, 2.75) is 45.7 Å². The first-order chi connectivity index (χ1) is 11.6. The van der Waals surface area contributed by atoms with Crippen molar-refractivity contribution in [1.29, 1.82) is 0 Å². The van der Waals surface area contributed by atoms with Crippen LogP contribution in [0.15, 0.2) is 6.07 Å². The Balaban J connectivity index is 1.50. The number of hydrogen-bond acceptors (Lipinski definition) is 3. The number of aryl methyl sites for hydroxylation is 1. The van der Waals surface area contributed by atoms with Gasteiger partial charge in [0.15, 0.2) is 0 Å². The van der Waals surface area contributed by atoms with E-state index in [9.17, 15) is 4.79 Å². The van der Waals surface area contributed by atoms with Crippen LogP contribution >= 0.6 is 0 Å². The zero-order chi connectivity index (χ0) is 16.8. The summed E-state index contributed by atoms with van der Waals surface area (Å²) in [6, 6.07) is 3.21. The van der Waals surface area contributed by atoms with Gasteiger partial charge >= 0.3 is 0 Å². The smallest absolute Gasteiger partial charge is 0.255 e. The van der Waals surface area contributed by atoms with Crippen LogP contribution in [0.2, 0.25) is 0 Å². The molecule has 3 heterocycles. The standard InChI is InChI=1S/C19H29N3O2/c1-13-11-21(12-18(13)20-6-8-24-9-7-20)19(23)17-10-14(2)22(15(17)3)16-4-5-16/h10,13,16,18H,4-9,11-12H2,1-3H3/t13-,18-/m1/s1. The zero-order valence-electron chi connectivity index (χ0n) is 15.1. The van der Waals surface area contributed by atoms with Gasteiger partial charge in [0.05, 0.1) is 18.8 Å². The van der Waals surface area contributed by atoms with E-state index < -0.39 is 0 Å². The number of amides is 1. The fourth-order valence-electron chi connectivity index (χ4n) is 4.56. The predicted octanol–water partition coefficient (Wildman–Crippen LogP) is 2.23. The lowest BCUT2D eigenvalue weighted by Crippen LogP contribution is -2.47. The maximum Gasteiger partial charge on any atom is 0.255 e. The van der Waals surface area contributed by atoms with Crippen molar-refractivity contribution in [2.24, 2.45) is 5.92 Å². The molecule has 0 unspecified atom stereocenters. The monoisotopic (exact) mass is 331 g/mol. The van der Waals surface area contributed by atoms with Gasteiger partial charge in [-0.05, 0) is 38.7 Å². The van der Waals surface area contributed by atoms with E-state index in [2.05, 4.69) is 41.2 Å². The number of nitrogens with zero attached hydrogens (tertiary/aromatic N) is 3. The number of carbonyl (C=O) groups excluding carboxylic acids is 1. The van der Waals surface area contributed by atoms with Gasteiger partial charge in [-0.1, -0.05) is 6.92 Å². The van der Waals surface area contributed by atoms with Crippen LogP contribution in [0.3, 0.4) is 0 Å². The van der Waals surface area contributed by atoms with E-state index >= 15 is 0 Å². The number of rotatable bonds is 3. The maximum atomic E-state index is 13.1. The van der Waals surface area contributed by atoms with Gasteiger partial charge in [0.1, 0.15) is 0 Å². The van der Waals surface area contributed by atoms with E-state index in [4.69, 9.17) is 4.74 Å². The first kappa shape index (κ1) is 16.2. The molecule has 2 aliphatic heterocycles. The highest BCUT2D eigenvalue weighted by molar-refractivity contribution is 5.96. The highest BCUT2D eigenvalue weighted by atomic mass is 16.5. The molecule has 0 N–H and O–H groups in total. The average Bonchev–Trinajstić information content (AvgIpc) is 3.26. The minimum atomic E-state index is 0.220. The zero-order valence-corrected chi connectivity index (χ0v) is 15.1. The Bertz CT molecular complexity index is 629. The lowest BCUT2D eigenvalue weighted by molar-refractivity contribution is 0.0119. The van der Waals surface area contributed by atoms with E-state index in [0.717, 1.165) is 50.7 Å². The van der Waals surface area contributed by atoms with E-state index in [1.165, 1.54) is 18.5 Å². The summed E-state index contributed by atoms with van der Waals surface area (Å²) in [6.07, 6.45) is 2.51. The fourth-order valence-corrected chi connectivity index (χ4v) is 4.56. The number of aromatic nitrogens is 1. The molecule has 1 aromatic heterocycles. The average molecular weight is 331 g/mol. The van der Waals surface area contributed by atoms with Gasteiger partial charge in [-0.2, -0.15) is 0 Å². The molecule has 2 atom stereocenters. The summed E-state index contributed by atoms with van der Waals surface area (Å²) in [5, 5.41) is 0. The number of morpholine rings is 1. The third kappa shape index (κ3) is 2.78. The molecule has 0 bridgehead atoms. The van der Waals surface area contributed by atoms with E-state index in [0.29, 0.717) is 18.0 Å². The molecular formula is C19H29N3O2. The molecule has 0 spiro atoms. The molecule has 5 nitrogen and oxygen atoms in total. The van der Waals surface area contributed by atoms with Gasteiger partial charge in [0, 0.05) is 49.7 Å². The van der Waals surface area contributed by atoms with Crippen molar-refractivity contribution in [3.05, 3.63) is 23.0 Å². The number of likely N-dealkylation sites (tertiary alicyclic amines) is 1. The Morgan fingerprint density at radius 2 is 1.88 bits per heavy atom. The lowest BCUT2D eigenvalue weighted by atomic mass is 10.0. The third-order valence-corrected chi connectivity index (χ3v) is 6.00. The Labute approximate surface area is 144 Å². The molecule has 5 heteroatoms. The van der Waals surface area contributed by atoms with Gasteiger partial charge in [0.25, 0.3) is 5.91 Å². The quantitative estimate of drug-likeness (QED) is 0.852. The number of hydrogen-bond donors (Lipinski definition) is 0. The van der Waals surface area contributed by atoms with Crippen LogP contribution in [-0.2, 0) is 4.74 Å². The summed E-state index contributed by atoms with van der Waals surface area (Å²) < 4.78 is 7.84. The molecule has 1 aromatic rings. The molecule has 0 radical (unpaired) electrons.